The molecule has 0 unspecified atom stereocenters. The molecule has 20 heavy (non-hydrogen) atoms. The summed E-state index contributed by atoms with van der Waals surface area (Å²) in [4.78, 5) is 14.7. The van der Waals surface area contributed by atoms with Gasteiger partial charge in [0.25, 0.3) is 0 Å². The van der Waals surface area contributed by atoms with E-state index in [-0.39, 0.29) is 6.09 Å². The van der Waals surface area contributed by atoms with Gasteiger partial charge in [-0.2, -0.15) is 0 Å². The highest BCUT2D eigenvalue weighted by atomic mass is 32.2. The second-order valence-corrected chi connectivity index (χ2v) is 5.65. The average Bonchev–Trinajstić information content (AvgIpc) is 2.49. The first-order chi connectivity index (χ1) is 9.74. The van der Waals surface area contributed by atoms with Gasteiger partial charge in [0.2, 0.25) is 0 Å². The third-order valence-electron chi connectivity index (χ3n) is 3.49. The summed E-state index contributed by atoms with van der Waals surface area (Å²) in [6, 6.07) is 8.77. The van der Waals surface area contributed by atoms with Crippen LogP contribution in [-0.4, -0.2) is 43.0 Å². The van der Waals surface area contributed by atoms with Crippen LogP contribution in [0, 0.1) is 0 Å². The van der Waals surface area contributed by atoms with Gasteiger partial charge in [0.15, 0.2) is 0 Å². The molecule has 4 nitrogen and oxygen atoms in total. The fourth-order valence-electron chi connectivity index (χ4n) is 2.40. The van der Waals surface area contributed by atoms with E-state index < -0.39 is 0 Å². The van der Waals surface area contributed by atoms with Gasteiger partial charge in [-0.25, -0.2) is 4.79 Å². The summed E-state index contributed by atoms with van der Waals surface area (Å²) in [5.74, 6) is 0. The maximum Gasteiger partial charge on any atom is 0.409 e. The lowest BCUT2D eigenvalue weighted by molar-refractivity contribution is 0.0983. The Kier molecular flexibility index (Phi) is 5.59. The summed E-state index contributed by atoms with van der Waals surface area (Å²) < 4.78 is 5.03. The summed E-state index contributed by atoms with van der Waals surface area (Å²) in [6.45, 7) is 3.81. The zero-order valence-corrected chi connectivity index (χ0v) is 12.9. The van der Waals surface area contributed by atoms with Crippen molar-refractivity contribution < 1.29 is 9.53 Å². The Morgan fingerprint density at radius 2 is 2.10 bits per heavy atom. The Bertz CT molecular complexity index is 445. The number of thioether (sulfide) groups is 1. The number of benzene rings is 1. The second-order valence-electron chi connectivity index (χ2n) is 4.80. The normalized spacial score (nSPS) is 16.0. The fourth-order valence-corrected chi connectivity index (χ4v) is 2.97. The van der Waals surface area contributed by atoms with Crippen molar-refractivity contribution in [1.29, 1.82) is 0 Å². The Hall–Kier alpha value is -1.36. The van der Waals surface area contributed by atoms with Crippen molar-refractivity contribution in [3.8, 4) is 0 Å². The molecular weight excluding hydrogens is 272 g/mol. The van der Waals surface area contributed by atoms with Crippen LogP contribution in [0.25, 0.3) is 0 Å². The molecule has 0 aromatic heterocycles. The number of anilines is 1. The smallest absolute Gasteiger partial charge is 0.409 e. The number of rotatable bonds is 4. The summed E-state index contributed by atoms with van der Waals surface area (Å²) >= 11 is 1.75. The molecule has 2 rings (SSSR count). The molecule has 5 heteroatoms. The standard InChI is InChI=1S/C15H22N2O2S/c1-3-19-15(18)17-10-8-12(9-11-17)16-13-6-4-5-7-14(13)20-2/h4-7,12,16H,3,8-11H2,1-2H3. The molecule has 0 radical (unpaired) electrons. The minimum Gasteiger partial charge on any atom is -0.450 e. The highest BCUT2D eigenvalue weighted by Crippen LogP contribution is 2.27. The molecule has 1 aliphatic heterocycles. The van der Waals surface area contributed by atoms with E-state index in [9.17, 15) is 4.79 Å². The van der Waals surface area contributed by atoms with Crippen LogP contribution in [-0.2, 0) is 4.74 Å². The monoisotopic (exact) mass is 294 g/mol. The number of piperidine rings is 1. The van der Waals surface area contributed by atoms with Crippen LogP contribution < -0.4 is 5.32 Å². The van der Waals surface area contributed by atoms with Gasteiger partial charge >= 0.3 is 6.09 Å². The van der Waals surface area contributed by atoms with E-state index >= 15 is 0 Å². The first-order valence-corrected chi connectivity index (χ1v) is 8.28. The molecular formula is C15H22N2O2S. The molecule has 1 heterocycles. The molecule has 110 valence electrons. The van der Waals surface area contributed by atoms with Crippen molar-refractivity contribution in [3.05, 3.63) is 24.3 Å². The Balaban J connectivity index is 1.87. The van der Waals surface area contributed by atoms with Crippen LogP contribution in [0.15, 0.2) is 29.2 Å². The van der Waals surface area contributed by atoms with Crippen LogP contribution in [0.3, 0.4) is 0 Å². The third kappa shape index (κ3) is 3.82. The summed E-state index contributed by atoms with van der Waals surface area (Å²) in [6.07, 6.45) is 3.82. The molecule has 0 bridgehead atoms. The number of likely N-dealkylation sites (tertiary alicyclic amines) is 1. The van der Waals surface area contributed by atoms with Crippen LogP contribution in [0.5, 0.6) is 0 Å². The van der Waals surface area contributed by atoms with Crippen molar-refractivity contribution in [2.45, 2.75) is 30.7 Å². The lowest BCUT2D eigenvalue weighted by Crippen LogP contribution is -2.42. The average molecular weight is 294 g/mol. The van der Waals surface area contributed by atoms with E-state index in [0.717, 1.165) is 25.9 Å². The molecule has 1 aliphatic rings. The maximum atomic E-state index is 11.6. The van der Waals surface area contributed by atoms with Crippen molar-refractivity contribution in [2.75, 3.05) is 31.3 Å². The third-order valence-corrected chi connectivity index (χ3v) is 4.28. The van der Waals surface area contributed by atoms with Crippen LogP contribution in [0.4, 0.5) is 10.5 Å². The number of ether oxygens (including phenoxy) is 1. The maximum absolute atomic E-state index is 11.6. The van der Waals surface area contributed by atoms with E-state index in [1.165, 1.54) is 10.6 Å². The molecule has 1 amide bonds. The molecule has 1 saturated heterocycles. The molecule has 1 fully saturated rings. The zero-order chi connectivity index (χ0) is 14.4. The molecule has 0 spiro atoms. The SMILES string of the molecule is CCOC(=O)N1CCC(Nc2ccccc2SC)CC1. The predicted octanol–water partition coefficient (Wildman–Crippen LogP) is 3.44. The molecule has 1 aromatic carbocycles. The van der Waals surface area contributed by atoms with Gasteiger partial charge in [-0.05, 0) is 38.2 Å². The Morgan fingerprint density at radius 3 is 2.75 bits per heavy atom. The highest BCUT2D eigenvalue weighted by molar-refractivity contribution is 7.98. The van der Waals surface area contributed by atoms with Crippen molar-refractivity contribution >= 4 is 23.5 Å². The molecule has 0 atom stereocenters. The van der Waals surface area contributed by atoms with Gasteiger partial charge in [-0.15, -0.1) is 11.8 Å². The summed E-state index contributed by atoms with van der Waals surface area (Å²) in [5, 5.41) is 3.59. The van der Waals surface area contributed by atoms with Gasteiger partial charge in [-0.1, -0.05) is 12.1 Å². The van der Waals surface area contributed by atoms with E-state index in [1.54, 1.807) is 16.7 Å². The summed E-state index contributed by atoms with van der Waals surface area (Å²) in [7, 11) is 0. The van der Waals surface area contributed by atoms with Crippen molar-refractivity contribution in [3.63, 3.8) is 0 Å². The number of carbonyl (C=O) groups is 1. The predicted molar refractivity (Wildman–Crippen MR) is 83.5 cm³/mol. The molecule has 0 aliphatic carbocycles. The number of nitrogens with zero attached hydrogens (tertiary/aromatic N) is 1. The molecule has 0 saturated carbocycles. The first kappa shape index (κ1) is 15.0. The number of amides is 1. The van der Waals surface area contributed by atoms with Gasteiger partial charge < -0.3 is 15.0 Å². The number of hydrogen-bond donors (Lipinski definition) is 1. The molecule has 1 N–H and O–H groups in total. The van der Waals surface area contributed by atoms with Gasteiger partial charge in [0, 0.05) is 29.7 Å². The number of hydrogen-bond acceptors (Lipinski definition) is 4. The Morgan fingerprint density at radius 1 is 1.40 bits per heavy atom. The lowest BCUT2D eigenvalue weighted by Gasteiger charge is -2.32. The van der Waals surface area contributed by atoms with Crippen LogP contribution in [0.1, 0.15) is 19.8 Å². The van der Waals surface area contributed by atoms with E-state index in [1.807, 2.05) is 6.92 Å². The number of para-hydroxylation sites is 1. The minimum atomic E-state index is -0.185. The quantitative estimate of drug-likeness (QED) is 0.864. The van der Waals surface area contributed by atoms with E-state index in [2.05, 4.69) is 35.8 Å². The van der Waals surface area contributed by atoms with E-state index in [0.29, 0.717) is 12.6 Å². The van der Waals surface area contributed by atoms with Crippen LogP contribution >= 0.6 is 11.8 Å². The second kappa shape index (κ2) is 7.43. The lowest BCUT2D eigenvalue weighted by atomic mass is 10.1. The largest absolute Gasteiger partial charge is 0.450 e. The van der Waals surface area contributed by atoms with Gasteiger partial charge in [0.1, 0.15) is 0 Å². The first-order valence-electron chi connectivity index (χ1n) is 7.05. The van der Waals surface area contributed by atoms with Crippen LogP contribution in [0.2, 0.25) is 0 Å². The topological polar surface area (TPSA) is 41.6 Å². The number of nitrogens with one attached hydrogen (secondary N) is 1. The van der Waals surface area contributed by atoms with Gasteiger partial charge in [0.05, 0.1) is 6.61 Å². The number of carbonyl (C=O) groups excluding carboxylic acids is 1. The Labute approximate surface area is 124 Å². The van der Waals surface area contributed by atoms with Crippen molar-refractivity contribution in [2.24, 2.45) is 0 Å². The summed E-state index contributed by atoms with van der Waals surface area (Å²) in [5.41, 5.74) is 1.19. The van der Waals surface area contributed by atoms with Crippen molar-refractivity contribution in [1.82, 2.24) is 4.90 Å². The minimum absolute atomic E-state index is 0.185. The molecule has 1 aromatic rings. The van der Waals surface area contributed by atoms with Gasteiger partial charge in [-0.3, -0.25) is 0 Å². The zero-order valence-electron chi connectivity index (χ0n) is 12.1. The van der Waals surface area contributed by atoms with E-state index in [4.69, 9.17) is 4.74 Å². The highest BCUT2D eigenvalue weighted by Gasteiger charge is 2.23. The fraction of sp³-hybridized carbons (Fsp3) is 0.533.